The number of fused-ring (bicyclic) bond motifs is 1. The molecule has 2 aromatic heterocycles. The van der Waals surface area contributed by atoms with Gasteiger partial charge in [-0.3, -0.25) is 0 Å². The van der Waals surface area contributed by atoms with Gasteiger partial charge in [-0.25, -0.2) is 0 Å². The summed E-state index contributed by atoms with van der Waals surface area (Å²) >= 11 is 1.85. The van der Waals surface area contributed by atoms with E-state index in [1.54, 1.807) is 12.5 Å². The van der Waals surface area contributed by atoms with Crippen molar-refractivity contribution < 1.29 is 8.83 Å². The van der Waals surface area contributed by atoms with Crippen LogP contribution in [0.15, 0.2) is 44.5 Å². The van der Waals surface area contributed by atoms with E-state index in [9.17, 15) is 0 Å². The Morgan fingerprint density at radius 1 is 1.33 bits per heavy atom. The van der Waals surface area contributed by atoms with Gasteiger partial charge in [-0.05, 0) is 18.2 Å². The molecule has 0 saturated carbocycles. The summed E-state index contributed by atoms with van der Waals surface area (Å²) in [6.45, 7) is 0.923. The van der Waals surface area contributed by atoms with Gasteiger partial charge in [0.05, 0.1) is 17.4 Å². The molecule has 0 spiro atoms. The first kappa shape index (κ1) is 8.97. The second kappa shape index (κ2) is 3.70. The van der Waals surface area contributed by atoms with Crippen molar-refractivity contribution in [2.75, 3.05) is 11.9 Å². The molecule has 0 fully saturated rings. The fourth-order valence-electron chi connectivity index (χ4n) is 1.71. The molecule has 3 nitrogen and oxygen atoms in total. The Morgan fingerprint density at radius 3 is 3.20 bits per heavy atom. The van der Waals surface area contributed by atoms with Crippen LogP contribution in [0.25, 0.3) is 0 Å². The van der Waals surface area contributed by atoms with Crippen molar-refractivity contribution in [2.24, 2.45) is 0 Å². The van der Waals surface area contributed by atoms with Gasteiger partial charge in [0.25, 0.3) is 0 Å². The van der Waals surface area contributed by atoms with Crippen LogP contribution in [0.4, 0.5) is 5.88 Å². The quantitative estimate of drug-likeness (QED) is 0.846. The molecule has 1 aliphatic heterocycles. The lowest BCUT2D eigenvalue weighted by atomic mass is 10.2. The molecule has 0 aliphatic carbocycles. The highest BCUT2D eigenvalue weighted by molar-refractivity contribution is 8.00. The number of furan rings is 2. The van der Waals surface area contributed by atoms with Gasteiger partial charge >= 0.3 is 0 Å². The standard InChI is InChI=1S/C11H11NO2S/c1-2-8(13-4-1)6-9-7-12-11-10(15-9)3-5-14-11/h1-5,9,12H,6-7H2. The van der Waals surface area contributed by atoms with E-state index in [0.29, 0.717) is 5.25 Å². The summed E-state index contributed by atoms with van der Waals surface area (Å²) in [6.07, 6.45) is 4.40. The molecule has 1 aliphatic rings. The fraction of sp³-hybridized carbons (Fsp3) is 0.273. The Hall–Kier alpha value is -1.29. The summed E-state index contributed by atoms with van der Waals surface area (Å²) in [6, 6.07) is 5.95. The van der Waals surface area contributed by atoms with Gasteiger partial charge in [-0.1, -0.05) is 0 Å². The van der Waals surface area contributed by atoms with E-state index in [0.717, 1.165) is 24.6 Å². The normalized spacial score (nSPS) is 19.6. The zero-order chi connectivity index (χ0) is 10.1. The Balaban J connectivity index is 1.71. The number of rotatable bonds is 2. The van der Waals surface area contributed by atoms with Gasteiger partial charge < -0.3 is 14.2 Å². The van der Waals surface area contributed by atoms with E-state index in [2.05, 4.69) is 5.32 Å². The third-order valence-corrected chi connectivity index (χ3v) is 3.66. The molecule has 3 heterocycles. The van der Waals surface area contributed by atoms with E-state index in [-0.39, 0.29) is 0 Å². The maximum atomic E-state index is 5.34. The topological polar surface area (TPSA) is 38.3 Å². The summed E-state index contributed by atoms with van der Waals surface area (Å²) < 4.78 is 10.6. The average Bonchev–Trinajstić information content (AvgIpc) is 2.87. The Morgan fingerprint density at radius 2 is 2.33 bits per heavy atom. The largest absolute Gasteiger partial charge is 0.469 e. The lowest BCUT2D eigenvalue weighted by Gasteiger charge is -2.21. The molecule has 1 N–H and O–H groups in total. The van der Waals surface area contributed by atoms with Crippen LogP contribution in [0.3, 0.4) is 0 Å². The van der Waals surface area contributed by atoms with Gasteiger partial charge in [0.1, 0.15) is 5.76 Å². The van der Waals surface area contributed by atoms with Crippen LogP contribution >= 0.6 is 11.8 Å². The monoisotopic (exact) mass is 221 g/mol. The number of nitrogens with one attached hydrogen (secondary N) is 1. The average molecular weight is 221 g/mol. The summed E-state index contributed by atoms with van der Waals surface area (Å²) in [5.41, 5.74) is 0. The molecular formula is C11H11NO2S. The minimum Gasteiger partial charge on any atom is -0.469 e. The van der Waals surface area contributed by atoms with E-state index in [4.69, 9.17) is 8.83 Å². The molecule has 3 rings (SSSR count). The molecular weight excluding hydrogens is 210 g/mol. The van der Waals surface area contributed by atoms with Gasteiger partial charge in [0.15, 0.2) is 0 Å². The van der Waals surface area contributed by atoms with Crippen molar-refractivity contribution in [3.63, 3.8) is 0 Å². The third-order valence-electron chi connectivity index (χ3n) is 2.42. The minimum atomic E-state index is 0.515. The van der Waals surface area contributed by atoms with Crippen LogP contribution in [0.1, 0.15) is 5.76 Å². The number of hydrogen-bond acceptors (Lipinski definition) is 4. The lowest BCUT2D eigenvalue weighted by Crippen LogP contribution is -2.22. The van der Waals surface area contributed by atoms with Crippen LogP contribution < -0.4 is 5.32 Å². The smallest absolute Gasteiger partial charge is 0.206 e. The van der Waals surface area contributed by atoms with Crippen molar-refractivity contribution >= 4 is 17.6 Å². The summed E-state index contributed by atoms with van der Waals surface area (Å²) in [5, 5.41) is 3.79. The lowest BCUT2D eigenvalue weighted by molar-refractivity contribution is 0.504. The Bertz CT molecular complexity index is 435. The number of thioether (sulfide) groups is 1. The summed E-state index contributed by atoms with van der Waals surface area (Å²) in [7, 11) is 0. The first-order valence-corrected chi connectivity index (χ1v) is 5.80. The van der Waals surface area contributed by atoms with Gasteiger partial charge in [-0.2, -0.15) is 0 Å². The predicted octanol–water partition coefficient (Wildman–Crippen LogP) is 3.00. The highest BCUT2D eigenvalue weighted by Crippen LogP contribution is 2.36. The van der Waals surface area contributed by atoms with Crippen molar-refractivity contribution in [2.45, 2.75) is 16.6 Å². The van der Waals surface area contributed by atoms with Crippen molar-refractivity contribution in [1.29, 1.82) is 0 Å². The zero-order valence-electron chi connectivity index (χ0n) is 8.10. The van der Waals surface area contributed by atoms with E-state index >= 15 is 0 Å². The van der Waals surface area contributed by atoms with Gasteiger partial charge in [0.2, 0.25) is 5.88 Å². The number of anilines is 1. The molecule has 2 aromatic rings. The van der Waals surface area contributed by atoms with Crippen LogP contribution in [0, 0.1) is 0 Å². The predicted molar refractivity (Wildman–Crippen MR) is 59.3 cm³/mol. The van der Waals surface area contributed by atoms with Crippen LogP contribution in [-0.4, -0.2) is 11.8 Å². The summed E-state index contributed by atoms with van der Waals surface area (Å²) in [5.74, 6) is 1.94. The van der Waals surface area contributed by atoms with Gasteiger partial charge in [0, 0.05) is 18.2 Å². The molecule has 4 heteroatoms. The maximum Gasteiger partial charge on any atom is 0.206 e. The van der Waals surface area contributed by atoms with Crippen molar-refractivity contribution in [1.82, 2.24) is 0 Å². The molecule has 15 heavy (non-hydrogen) atoms. The molecule has 1 unspecified atom stereocenters. The van der Waals surface area contributed by atoms with E-state index < -0.39 is 0 Å². The number of hydrogen-bond donors (Lipinski definition) is 1. The molecule has 0 radical (unpaired) electrons. The molecule has 0 bridgehead atoms. The molecule has 0 saturated heterocycles. The Labute approximate surface area is 91.8 Å². The summed E-state index contributed by atoms with van der Waals surface area (Å²) in [4.78, 5) is 1.19. The minimum absolute atomic E-state index is 0.515. The zero-order valence-corrected chi connectivity index (χ0v) is 8.92. The van der Waals surface area contributed by atoms with Crippen LogP contribution in [0.2, 0.25) is 0 Å². The van der Waals surface area contributed by atoms with Crippen molar-refractivity contribution in [3.8, 4) is 0 Å². The van der Waals surface area contributed by atoms with Crippen molar-refractivity contribution in [3.05, 3.63) is 36.5 Å². The second-order valence-corrected chi connectivity index (χ2v) is 4.86. The molecule has 0 amide bonds. The molecule has 1 atom stereocenters. The third kappa shape index (κ3) is 1.77. The molecule has 0 aromatic carbocycles. The highest BCUT2D eigenvalue weighted by Gasteiger charge is 2.21. The van der Waals surface area contributed by atoms with Crippen LogP contribution in [0.5, 0.6) is 0 Å². The first-order chi connectivity index (χ1) is 7.42. The maximum absolute atomic E-state index is 5.34. The first-order valence-electron chi connectivity index (χ1n) is 4.92. The molecule has 78 valence electrons. The van der Waals surface area contributed by atoms with E-state index in [1.165, 1.54) is 4.90 Å². The SMILES string of the molecule is c1coc(CC2CNc3occc3S2)c1. The highest BCUT2D eigenvalue weighted by atomic mass is 32.2. The Kier molecular flexibility index (Phi) is 2.21. The second-order valence-electron chi connectivity index (χ2n) is 3.52. The van der Waals surface area contributed by atoms with Gasteiger partial charge in [-0.15, -0.1) is 11.8 Å². The van der Waals surface area contributed by atoms with E-state index in [1.807, 2.05) is 30.0 Å². The fourth-order valence-corrected chi connectivity index (χ4v) is 2.85. The van der Waals surface area contributed by atoms with Crippen LogP contribution in [-0.2, 0) is 6.42 Å².